The van der Waals surface area contributed by atoms with E-state index in [-0.39, 0.29) is 6.61 Å². The van der Waals surface area contributed by atoms with E-state index in [0.717, 1.165) is 10.0 Å². The van der Waals surface area contributed by atoms with Gasteiger partial charge in [-0.15, -0.1) is 0 Å². The number of nitrogens with zero attached hydrogens (tertiary/aromatic N) is 1. The van der Waals surface area contributed by atoms with Crippen LogP contribution in [0.4, 0.5) is 0 Å². The fourth-order valence-electron chi connectivity index (χ4n) is 0.735. The van der Waals surface area contributed by atoms with Crippen molar-refractivity contribution in [3.8, 4) is 0 Å². The number of hydrogen-bond acceptors (Lipinski definition) is 2. The second kappa shape index (κ2) is 4.60. The van der Waals surface area contributed by atoms with Crippen molar-refractivity contribution in [2.75, 3.05) is 6.61 Å². The third-order valence-electron chi connectivity index (χ3n) is 1.24. The van der Waals surface area contributed by atoms with Gasteiger partial charge in [0, 0.05) is 16.2 Å². The van der Waals surface area contributed by atoms with Crippen LogP contribution in [0.15, 0.2) is 22.8 Å². The van der Waals surface area contributed by atoms with E-state index in [0.29, 0.717) is 5.15 Å². The third kappa shape index (κ3) is 2.59. The Labute approximate surface area is 84.0 Å². The maximum absolute atomic E-state index is 8.53. The SMILES string of the molecule is OCC=Cc1cc(Br)cnc1Cl. The molecule has 4 heteroatoms. The van der Waals surface area contributed by atoms with Crippen molar-refractivity contribution in [1.82, 2.24) is 4.98 Å². The van der Waals surface area contributed by atoms with Crippen molar-refractivity contribution in [1.29, 1.82) is 0 Å². The van der Waals surface area contributed by atoms with Crippen LogP contribution in [0.1, 0.15) is 5.56 Å². The van der Waals surface area contributed by atoms with Gasteiger partial charge in [0.25, 0.3) is 0 Å². The Morgan fingerprint density at radius 2 is 2.42 bits per heavy atom. The van der Waals surface area contributed by atoms with Gasteiger partial charge in [0.1, 0.15) is 5.15 Å². The number of pyridine rings is 1. The molecule has 0 aliphatic carbocycles. The Balaban J connectivity index is 2.97. The molecule has 0 aromatic carbocycles. The second-order valence-corrected chi connectivity index (χ2v) is 3.39. The number of aliphatic hydroxyl groups is 1. The van der Waals surface area contributed by atoms with E-state index < -0.39 is 0 Å². The van der Waals surface area contributed by atoms with Gasteiger partial charge in [-0.25, -0.2) is 4.98 Å². The molecule has 1 aromatic heterocycles. The van der Waals surface area contributed by atoms with Crippen LogP contribution in [0, 0.1) is 0 Å². The molecule has 0 fully saturated rings. The molecule has 1 heterocycles. The Bertz CT molecular complexity index is 301. The summed E-state index contributed by atoms with van der Waals surface area (Å²) < 4.78 is 0.865. The maximum atomic E-state index is 8.53. The van der Waals surface area contributed by atoms with E-state index in [1.807, 2.05) is 6.07 Å². The first-order valence-electron chi connectivity index (χ1n) is 3.32. The molecule has 0 saturated heterocycles. The minimum absolute atomic E-state index is 0.00282. The molecule has 1 N–H and O–H groups in total. The summed E-state index contributed by atoms with van der Waals surface area (Å²) in [6.07, 6.45) is 4.95. The van der Waals surface area contributed by atoms with Crippen LogP contribution in [-0.2, 0) is 0 Å². The molecule has 64 valence electrons. The zero-order chi connectivity index (χ0) is 8.97. The summed E-state index contributed by atoms with van der Waals surface area (Å²) in [7, 11) is 0. The molecule has 0 radical (unpaired) electrons. The lowest BCUT2D eigenvalue weighted by atomic mass is 10.2. The first-order valence-corrected chi connectivity index (χ1v) is 4.49. The smallest absolute Gasteiger partial charge is 0.136 e. The highest BCUT2D eigenvalue weighted by atomic mass is 79.9. The molecular formula is C8H7BrClNO. The fourth-order valence-corrected chi connectivity index (χ4v) is 1.25. The molecule has 0 saturated carbocycles. The summed E-state index contributed by atoms with van der Waals surface area (Å²) in [4.78, 5) is 3.92. The molecule has 2 nitrogen and oxygen atoms in total. The monoisotopic (exact) mass is 247 g/mol. The summed E-state index contributed by atoms with van der Waals surface area (Å²) in [6, 6.07) is 1.83. The molecule has 0 amide bonds. The van der Waals surface area contributed by atoms with E-state index in [1.54, 1.807) is 18.3 Å². The molecule has 0 aliphatic rings. The van der Waals surface area contributed by atoms with Crippen LogP contribution >= 0.6 is 27.5 Å². The largest absolute Gasteiger partial charge is 0.392 e. The Hall–Kier alpha value is -0.380. The zero-order valence-corrected chi connectivity index (χ0v) is 8.51. The molecule has 0 spiro atoms. The van der Waals surface area contributed by atoms with Crippen LogP contribution in [0.2, 0.25) is 5.15 Å². The number of aliphatic hydroxyl groups excluding tert-OH is 1. The summed E-state index contributed by atoms with van der Waals surface area (Å²) in [5.41, 5.74) is 0.792. The maximum Gasteiger partial charge on any atom is 0.136 e. The average molecular weight is 249 g/mol. The van der Waals surface area contributed by atoms with E-state index >= 15 is 0 Å². The van der Waals surface area contributed by atoms with Crippen LogP contribution in [-0.4, -0.2) is 16.7 Å². The van der Waals surface area contributed by atoms with Crippen molar-refractivity contribution >= 4 is 33.6 Å². The van der Waals surface area contributed by atoms with E-state index in [1.165, 1.54) is 0 Å². The van der Waals surface area contributed by atoms with Gasteiger partial charge in [0.05, 0.1) is 6.61 Å². The van der Waals surface area contributed by atoms with Gasteiger partial charge in [-0.2, -0.15) is 0 Å². The third-order valence-corrected chi connectivity index (χ3v) is 1.99. The van der Waals surface area contributed by atoms with Crippen molar-refractivity contribution in [3.05, 3.63) is 33.5 Å². The number of hydrogen-bond donors (Lipinski definition) is 1. The fraction of sp³-hybridized carbons (Fsp3) is 0.125. The molecule has 0 aliphatic heterocycles. The van der Waals surface area contributed by atoms with Crippen LogP contribution < -0.4 is 0 Å². The number of aromatic nitrogens is 1. The first kappa shape index (κ1) is 9.71. The van der Waals surface area contributed by atoms with Gasteiger partial charge in [0.2, 0.25) is 0 Å². The molecule has 0 bridgehead atoms. The van der Waals surface area contributed by atoms with Gasteiger partial charge < -0.3 is 5.11 Å². The summed E-state index contributed by atoms with van der Waals surface area (Å²) in [6.45, 7) is 0.00282. The average Bonchev–Trinajstić information content (AvgIpc) is 2.07. The first-order chi connectivity index (χ1) is 5.74. The minimum atomic E-state index is 0.00282. The van der Waals surface area contributed by atoms with Gasteiger partial charge in [-0.1, -0.05) is 23.8 Å². The van der Waals surface area contributed by atoms with Gasteiger partial charge in [-0.3, -0.25) is 0 Å². The molecule has 0 atom stereocenters. The van der Waals surface area contributed by atoms with Crippen LogP contribution in [0.3, 0.4) is 0 Å². The second-order valence-electron chi connectivity index (χ2n) is 2.12. The van der Waals surface area contributed by atoms with Crippen LogP contribution in [0.5, 0.6) is 0 Å². The summed E-state index contributed by atoms with van der Waals surface area (Å²) in [5, 5.41) is 8.96. The van der Waals surface area contributed by atoms with Gasteiger partial charge in [-0.05, 0) is 22.0 Å². The van der Waals surface area contributed by atoms with E-state index in [9.17, 15) is 0 Å². The molecule has 1 rings (SSSR count). The highest BCUT2D eigenvalue weighted by molar-refractivity contribution is 9.10. The predicted octanol–water partition coefficient (Wildman–Crippen LogP) is 2.50. The van der Waals surface area contributed by atoms with E-state index in [2.05, 4.69) is 20.9 Å². The van der Waals surface area contributed by atoms with Crippen LogP contribution in [0.25, 0.3) is 6.08 Å². The minimum Gasteiger partial charge on any atom is -0.392 e. The molecule has 0 unspecified atom stereocenters. The van der Waals surface area contributed by atoms with Gasteiger partial charge >= 0.3 is 0 Å². The van der Waals surface area contributed by atoms with Crippen molar-refractivity contribution in [2.45, 2.75) is 0 Å². The normalized spacial score (nSPS) is 10.9. The Morgan fingerprint density at radius 3 is 3.08 bits per heavy atom. The lowest BCUT2D eigenvalue weighted by molar-refractivity contribution is 0.343. The molecule has 12 heavy (non-hydrogen) atoms. The van der Waals surface area contributed by atoms with Crippen molar-refractivity contribution in [2.24, 2.45) is 0 Å². The molecule has 1 aromatic rings. The van der Waals surface area contributed by atoms with Crippen molar-refractivity contribution in [3.63, 3.8) is 0 Å². The zero-order valence-electron chi connectivity index (χ0n) is 6.17. The summed E-state index contributed by atoms with van der Waals surface area (Å²) in [5.74, 6) is 0. The Morgan fingerprint density at radius 1 is 1.67 bits per heavy atom. The van der Waals surface area contributed by atoms with Gasteiger partial charge in [0.15, 0.2) is 0 Å². The lowest BCUT2D eigenvalue weighted by Gasteiger charge is -1.96. The topological polar surface area (TPSA) is 33.1 Å². The van der Waals surface area contributed by atoms with Crippen molar-refractivity contribution < 1.29 is 5.11 Å². The molecular weight excluding hydrogens is 241 g/mol. The number of halogens is 2. The number of rotatable bonds is 2. The predicted molar refractivity (Wildman–Crippen MR) is 53.1 cm³/mol. The highest BCUT2D eigenvalue weighted by Crippen LogP contribution is 2.18. The lowest BCUT2D eigenvalue weighted by Crippen LogP contribution is -1.81. The standard InChI is InChI=1S/C8H7BrClNO/c9-7-4-6(2-1-3-12)8(10)11-5-7/h1-2,4-5,12H,3H2. The Kier molecular flexibility index (Phi) is 3.72. The highest BCUT2D eigenvalue weighted by Gasteiger charge is 1.97. The van der Waals surface area contributed by atoms with E-state index in [4.69, 9.17) is 16.7 Å². The summed E-state index contributed by atoms with van der Waals surface area (Å²) >= 11 is 9.04. The quantitative estimate of drug-likeness (QED) is 0.816.